The minimum Gasteiger partial charge on any atom is -0.352 e. The SMILES string of the molecule is CC1NCCCC1NC(=O)CCCc1nc(C(C)(C)C)no1.Cl. The van der Waals surface area contributed by atoms with Crippen LogP contribution in [0.2, 0.25) is 0 Å². The van der Waals surface area contributed by atoms with Gasteiger partial charge < -0.3 is 15.2 Å². The van der Waals surface area contributed by atoms with Gasteiger partial charge in [0, 0.05) is 30.3 Å². The van der Waals surface area contributed by atoms with Gasteiger partial charge in [-0.25, -0.2) is 0 Å². The molecule has 0 bridgehead atoms. The fraction of sp³-hybridized carbons (Fsp3) is 0.812. The van der Waals surface area contributed by atoms with Gasteiger partial charge in [0.1, 0.15) is 0 Å². The topological polar surface area (TPSA) is 80.0 Å². The number of rotatable bonds is 5. The molecule has 2 atom stereocenters. The van der Waals surface area contributed by atoms with Gasteiger partial charge >= 0.3 is 0 Å². The summed E-state index contributed by atoms with van der Waals surface area (Å²) in [4.78, 5) is 16.4. The van der Waals surface area contributed by atoms with Crippen LogP contribution in [-0.4, -0.2) is 34.7 Å². The van der Waals surface area contributed by atoms with Gasteiger partial charge in [0.25, 0.3) is 0 Å². The van der Waals surface area contributed by atoms with Gasteiger partial charge in [-0.3, -0.25) is 4.79 Å². The molecule has 2 N–H and O–H groups in total. The van der Waals surface area contributed by atoms with Crippen molar-refractivity contribution < 1.29 is 9.32 Å². The average Bonchev–Trinajstić information content (AvgIpc) is 2.90. The fourth-order valence-corrected chi connectivity index (χ4v) is 2.58. The Morgan fingerprint density at radius 3 is 2.78 bits per heavy atom. The minimum absolute atomic E-state index is 0. The Hall–Kier alpha value is -1.14. The van der Waals surface area contributed by atoms with Gasteiger partial charge in [-0.15, -0.1) is 12.4 Å². The molecule has 1 saturated heterocycles. The van der Waals surface area contributed by atoms with E-state index in [0.29, 0.717) is 30.6 Å². The van der Waals surface area contributed by atoms with Crippen LogP contribution in [-0.2, 0) is 16.6 Å². The highest BCUT2D eigenvalue weighted by atomic mass is 35.5. The molecule has 132 valence electrons. The van der Waals surface area contributed by atoms with Gasteiger partial charge in [-0.1, -0.05) is 25.9 Å². The van der Waals surface area contributed by atoms with Crippen molar-refractivity contribution in [1.82, 2.24) is 20.8 Å². The summed E-state index contributed by atoms with van der Waals surface area (Å²) in [6.45, 7) is 9.31. The molecule has 2 rings (SSSR count). The lowest BCUT2D eigenvalue weighted by atomic mass is 9.96. The summed E-state index contributed by atoms with van der Waals surface area (Å²) < 4.78 is 5.24. The van der Waals surface area contributed by atoms with Crippen molar-refractivity contribution in [2.45, 2.75) is 77.3 Å². The third kappa shape index (κ3) is 6.11. The maximum Gasteiger partial charge on any atom is 0.226 e. The van der Waals surface area contributed by atoms with Crippen LogP contribution in [0.25, 0.3) is 0 Å². The lowest BCUT2D eigenvalue weighted by Crippen LogP contribution is -2.51. The number of carbonyl (C=O) groups excluding carboxylic acids is 1. The quantitative estimate of drug-likeness (QED) is 0.857. The largest absolute Gasteiger partial charge is 0.352 e. The van der Waals surface area contributed by atoms with Crippen molar-refractivity contribution >= 4 is 18.3 Å². The average molecular weight is 345 g/mol. The summed E-state index contributed by atoms with van der Waals surface area (Å²) in [5.41, 5.74) is -0.108. The van der Waals surface area contributed by atoms with E-state index in [9.17, 15) is 4.79 Å². The smallest absolute Gasteiger partial charge is 0.226 e. The number of piperidine rings is 1. The molecule has 1 aromatic rings. The second-order valence-electron chi connectivity index (χ2n) is 7.17. The van der Waals surface area contributed by atoms with E-state index >= 15 is 0 Å². The molecule has 1 aliphatic heterocycles. The standard InChI is InChI=1S/C16H28N4O2.ClH/c1-11-12(7-6-10-17-11)18-13(21)8-5-9-14-19-15(20-22-14)16(2,3)4;/h11-12,17H,5-10H2,1-4H3,(H,18,21);1H. The number of aromatic nitrogens is 2. The number of nitrogens with zero attached hydrogens (tertiary/aromatic N) is 2. The van der Waals surface area contributed by atoms with Gasteiger partial charge in [-0.2, -0.15) is 4.98 Å². The molecule has 23 heavy (non-hydrogen) atoms. The van der Waals surface area contributed by atoms with Crippen molar-refractivity contribution in [1.29, 1.82) is 0 Å². The number of halogens is 1. The third-order valence-corrected chi connectivity index (χ3v) is 4.04. The highest BCUT2D eigenvalue weighted by Crippen LogP contribution is 2.19. The monoisotopic (exact) mass is 344 g/mol. The Labute approximate surface area is 144 Å². The summed E-state index contributed by atoms with van der Waals surface area (Å²) >= 11 is 0. The first kappa shape index (κ1) is 19.9. The van der Waals surface area contributed by atoms with Crippen molar-refractivity contribution in [3.63, 3.8) is 0 Å². The Bertz CT molecular complexity index is 499. The minimum atomic E-state index is -0.108. The van der Waals surface area contributed by atoms with Crippen LogP contribution in [0.5, 0.6) is 0 Å². The van der Waals surface area contributed by atoms with Crippen molar-refractivity contribution in [3.8, 4) is 0 Å². The molecule has 6 nitrogen and oxygen atoms in total. The first-order valence-electron chi connectivity index (χ1n) is 8.22. The molecule has 1 aromatic heterocycles. The fourth-order valence-electron chi connectivity index (χ4n) is 2.58. The molecular formula is C16H29ClN4O2. The summed E-state index contributed by atoms with van der Waals surface area (Å²) in [7, 11) is 0. The van der Waals surface area contributed by atoms with Crippen molar-refractivity contribution in [2.24, 2.45) is 0 Å². The van der Waals surface area contributed by atoms with Crippen LogP contribution in [0.3, 0.4) is 0 Å². The maximum atomic E-state index is 12.0. The highest BCUT2D eigenvalue weighted by molar-refractivity contribution is 5.85. The van der Waals surface area contributed by atoms with E-state index in [0.717, 1.165) is 25.8 Å². The number of nitrogens with one attached hydrogen (secondary N) is 2. The van der Waals surface area contributed by atoms with E-state index in [4.69, 9.17) is 4.52 Å². The van der Waals surface area contributed by atoms with Crippen LogP contribution < -0.4 is 10.6 Å². The van der Waals surface area contributed by atoms with Crippen LogP contribution in [0.4, 0.5) is 0 Å². The molecule has 7 heteroatoms. The molecule has 2 heterocycles. The summed E-state index contributed by atoms with van der Waals surface area (Å²) in [6.07, 6.45) is 4.04. The van der Waals surface area contributed by atoms with E-state index in [1.165, 1.54) is 0 Å². The van der Waals surface area contributed by atoms with Crippen LogP contribution in [0, 0.1) is 0 Å². The molecule has 2 unspecified atom stereocenters. The molecule has 0 radical (unpaired) electrons. The van der Waals surface area contributed by atoms with Crippen LogP contribution >= 0.6 is 12.4 Å². The molecule has 1 fully saturated rings. The van der Waals surface area contributed by atoms with E-state index in [1.807, 2.05) is 0 Å². The summed E-state index contributed by atoms with van der Waals surface area (Å²) in [5.74, 6) is 1.44. The Kier molecular flexibility index (Phi) is 7.48. The highest BCUT2D eigenvalue weighted by Gasteiger charge is 2.23. The number of aryl methyl sites for hydroxylation is 1. The number of amides is 1. The normalized spacial score (nSPS) is 21.6. The molecular weight excluding hydrogens is 316 g/mol. The van der Waals surface area contributed by atoms with E-state index in [2.05, 4.69) is 48.5 Å². The number of carbonyl (C=O) groups is 1. The molecule has 0 saturated carbocycles. The zero-order valence-corrected chi connectivity index (χ0v) is 15.3. The molecule has 1 aliphatic rings. The number of hydrogen-bond acceptors (Lipinski definition) is 5. The predicted octanol–water partition coefficient (Wildman–Crippen LogP) is 2.37. The van der Waals surface area contributed by atoms with E-state index in [-0.39, 0.29) is 29.8 Å². The van der Waals surface area contributed by atoms with Gasteiger partial charge in [0.2, 0.25) is 11.8 Å². The second kappa shape index (κ2) is 8.64. The molecule has 0 aromatic carbocycles. The van der Waals surface area contributed by atoms with Crippen molar-refractivity contribution in [2.75, 3.05) is 6.54 Å². The Morgan fingerprint density at radius 2 is 2.17 bits per heavy atom. The predicted molar refractivity (Wildman–Crippen MR) is 91.8 cm³/mol. The Balaban J connectivity index is 0.00000264. The first-order chi connectivity index (χ1) is 10.4. The Morgan fingerprint density at radius 1 is 1.43 bits per heavy atom. The van der Waals surface area contributed by atoms with Gasteiger partial charge in [0.15, 0.2) is 5.82 Å². The molecule has 0 spiro atoms. The summed E-state index contributed by atoms with van der Waals surface area (Å²) in [5, 5.41) is 10.5. The van der Waals surface area contributed by atoms with Gasteiger partial charge in [0.05, 0.1) is 0 Å². The van der Waals surface area contributed by atoms with E-state index < -0.39 is 0 Å². The molecule has 1 amide bonds. The molecule has 0 aliphatic carbocycles. The van der Waals surface area contributed by atoms with E-state index in [1.54, 1.807) is 0 Å². The zero-order chi connectivity index (χ0) is 16.2. The number of hydrogen-bond donors (Lipinski definition) is 2. The van der Waals surface area contributed by atoms with Crippen LogP contribution in [0.1, 0.15) is 65.1 Å². The van der Waals surface area contributed by atoms with Crippen LogP contribution in [0.15, 0.2) is 4.52 Å². The first-order valence-corrected chi connectivity index (χ1v) is 8.22. The zero-order valence-electron chi connectivity index (χ0n) is 14.5. The lowest BCUT2D eigenvalue weighted by Gasteiger charge is -2.30. The van der Waals surface area contributed by atoms with Gasteiger partial charge in [-0.05, 0) is 32.7 Å². The lowest BCUT2D eigenvalue weighted by molar-refractivity contribution is -0.122. The second-order valence-corrected chi connectivity index (χ2v) is 7.17. The van der Waals surface area contributed by atoms with Crippen molar-refractivity contribution in [3.05, 3.63) is 11.7 Å². The maximum absolute atomic E-state index is 12.0. The summed E-state index contributed by atoms with van der Waals surface area (Å²) in [6, 6.07) is 0.597. The third-order valence-electron chi connectivity index (χ3n) is 4.04.